The Kier molecular flexibility index (Phi) is 53.0. The molecule has 0 saturated carbocycles. The average Bonchev–Trinajstić information content (AvgIpc) is 0.892. The van der Waals surface area contributed by atoms with Gasteiger partial charge in [0.15, 0.2) is 0 Å². The van der Waals surface area contributed by atoms with E-state index in [1.54, 1.807) is 0 Å². The number of amides is 4. The van der Waals surface area contributed by atoms with E-state index in [2.05, 4.69) is 174 Å². The highest BCUT2D eigenvalue weighted by Crippen LogP contribution is 2.22. The van der Waals surface area contributed by atoms with Gasteiger partial charge < -0.3 is 18.9 Å². The van der Waals surface area contributed by atoms with Gasteiger partial charge in [0.25, 0.3) is 0 Å². The predicted octanol–water partition coefficient (Wildman–Crippen LogP) is 29.7. The van der Waals surface area contributed by atoms with E-state index >= 15 is 0 Å². The van der Waals surface area contributed by atoms with Crippen molar-refractivity contribution < 1.29 is 38.1 Å². The molecule has 0 aliphatic rings. The monoisotopic (exact) mass is 1540 g/mol. The molecule has 8 rings (SSSR count). The average molecular weight is 1540 g/mol. The van der Waals surface area contributed by atoms with Crippen LogP contribution in [0.2, 0.25) is 0 Å². The molecule has 0 bridgehead atoms. The molecule has 0 saturated heterocycles. The fourth-order valence-corrected chi connectivity index (χ4v) is 12.8. The van der Waals surface area contributed by atoms with Crippen molar-refractivity contribution in [2.75, 3.05) is 47.7 Å². The Bertz CT molecular complexity index is 3200. The highest BCUT2D eigenvalue weighted by molar-refractivity contribution is 5.86. The van der Waals surface area contributed by atoms with Crippen LogP contribution in [0.4, 0.5) is 41.9 Å². The van der Waals surface area contributed by atoms with E-state index in [0.717, 1.165) is 99.8 Å². The summed E-state index contributed by atoms with van der Waals surface area (Å²) in [6.45, 7) is 19.3. The van der Waals surface area contributed by atoms with Gasteiger partial charge in [0.05, 0.1) is 26.4 Å². The Balaban J connectivity index is 0.000000317. The predicted molar refractivity (Wildman–Crippen MR) is 479 cm³/mol. The van der Waals surface area contributed by atoms with Crippen LogP contribution in [0.5, 0.6) is 0 Å². The highest BCUT2D eigenvalue weighted by atomic mass is 16.6. The van der Waals surface area contributed by atoms with E-state index in [1.165, 1.54) is 221 Å². The number of anilines is 4. The van der Waals surface area contributed by atoms with Gasteiger partial charge >= 0.3 is 24.4 Å². The first-order chi connectivity index (χ1) is 54.7. The molecule has 0 aliphatic heterocycles. The summed E-state index contributed by atoms with van der Waals surface area (Å²) in [5.41, 5.74) is 18.2. The lowest BCUT2D eigenvalue weighted by atomic mass is 10.0. The maximum absolute atomic E-state index is 11.9. The molecule has 12 heteroatoms. The van der Waals surface area contributed by atoms with Crippen molar-refractivity contribution in [3.05, 3.63) is 261 Å². The molecule has 0 heterocycles. The Labute approximate surface area is 683 Å². The molecule has 113 heavy (non-hydrogen) atoms. The van der Waals surface area contributed by atoms with E-state index < -0.39 is 0 Å². The molecule has 0 spiro atoms. The molecule has 0 aliphatic carbocycles. The molecule has 0 radical (unpaired) electrons. The van der Waals surface area contributed by atoms with Crippen LogP contribution in [0.1, 0.15) is 307 Å². The fraction of sp³-hybridized carbons (Fsp3) is 0.485. The first-order valence-corrected chi connectivity index (χ1v) is 43.0. The van der Waals surface area contributed by atoms with Crippen LogP contribution in [0.25, 0.3) is 0 Å². The van der Waals surface area contributed by atoms with Gasteiger partial charge in [-0.3, -0.25) is 21.3 Å². The number of nitrogens with one attached hydrogen (secondary N) is 4. The first kappa shape index (κ1) is 96.2. The minimum absolute atomic E-state index is 0. The number of carbonyl (C=O) groups is 4. The van der Waals surface area contributed by atoms with Crippen LogP contribution >= 0.6 is 0 Å². The number of carbonyl (C=O) groups excluding carboxylic acids is 4. The van der Waals surface area contributed by atoms with Gasteiger partial charge in [0, 0.05) is 22.7 Å². The number of hydrogen-bond donors (Lipinski definition) is 4. The number of aryl methyl sites for hydroxylation is 4. The summed E-state index contributed by atoms with van der Waals surface area (Å²) >= 11 is 0. The molecule has 0 atom stereocenters. The maximum atomic E-state index is 11.9. The number of rotatable bonds is 48. The van der Waals surface area contributed by atoms with Crippen molar-refractivity contribution in [2.24, 2.45) is 0 Å². The molecule has 4 N–H and O–H groups in total. The molecule has 8 aromatic carbocycles. The Hall–Kier alpha value is -9.16. The minimum Gasteiger partial charge on any atom is -0.449 e. The van der Waals surface area contributed by atoms with Gasteiger partial charge in [-0.05, 0) is 172 Å². The summed E-state index contributed by atoms with van der Waals surface area (Å²) in [6, 6.07) is 66.2. The summed E-state index contributed by atoms with van der Waals surface area (Å²) in [5.74, 6) is 0. The smallest absolute Gasteiger partial charge is 0.411 e. The number of unbranched alkanes of at least 4 members (excludes halogenated alkanes) is 28. The first-order valence-electron chi connectivity index (χ1n) is 43.0. The lowest BCUT2D eigenvalue weighted by Crippen LogP contribution is -2.14. The summed E-state index contributed by atoms with van der Waals surface area (Å²) in [7, 11) is 0. The molecular formula is C101H144N4O8. The van der Waals surface area contributed by atoms with Crippen molar-refractivity contribution in [3.63, 3.8) is 0 Å². The van der Waals surface area contributed by atoms with E-state index in [9.17, 15) is 19.2 Å². The summed E-state index contributed by atoms with van der Waals surface area (Å²) < 4.78 is 21.1. The van der Waals surface area contributed by atoms with Gasteiger partial charge in [-0.25, -0.2) is 19.2 Å². The number of hydrogen-bond acceptors (Lipinski definition) is 8. The molecular weight excluding hydrogens is 1400 g/mol. The van der Waals surface area contributed by atoms with Gasteiger partial charge in [-0.15, -0.1) is 0 Å². The molecule has 0 aromatic heterocycles. The second-order valence-corrected chi connectivity index (χ2v) is 30.4. The summed E-state index contributed by atoms with van der Waals surface area (Å²) in [5, 5.41) is 11.2. The topological polar surface area (TPSA) is 153 Å². The second-order valence-electron chi connectivity index (χ2n) is 30.4. The maximum Gasteiger partial charge on any atom is 0.411 e. The molecule has 0 fully saturated rings. The van der Waals surface area contributed by atoms with Crippen LogP contribution in [0.15, 0.2) is 194 Å². The Morgan fingerprint density at radius 1 is 0.204 bits per heavy atom. The SMILES string of the molecule is C.CCCCCCCCCCOC(=O)Nc1ccc(Cc2ccc(C)cc2)cc1.CCCCCCCCCCOC(=O)Nc1ccc(Cc2ccc(C)cc2)cc1.CCCCCCCCCCOC(=O)Nc1ccc(Cc2ccc(C)cc2)cc1.CCCCCCCCCCOC(=O)Nc1ccc(Cc2ccc(C)cc2)cc1. The molecule has 0 unspecified atom stereocenters. The zero-order valence-corrected chi connectivity index (χ0v) is 70.0. The van der Waals surface area contributed by atoms with Crippen molar-refractivity contribution in [3.8, 4) is 0 Å². The third-order valence-corrected chi connectivity index (χ3v) is 19.8. The zero-order valence-electron chi connectivity index (χ0n) is 70.0. The van der Waals surface area contributed by atoms with Gasteiger partial charge in [0.2, 0.25) is 0 Å². The van der Waals surface area contributed by atoms with Crippen LogP contribution < -0.4 is 21.3 Å². The lowest BCUT2D eigenvalue weighted by molar-refractivity contribution is 0.158. The van der Waals surface area contributed by atoms with Crippen LogP contribution in [0.3, 0.4) is 0 Å². The normalized spacial score (nSPS) is 10.5. The molecule has 8 aromatic rings. The minimum atomic E-state index is -0.366. The fourth-order valence-electron chi connectivity index (χ4n) is 12.8. The van der Waals surface area contributed by atoms with Crippen molar-refractivity contribution >= 4 is 47.1 Å². The molecule has 4 amide bonds. The van der Waals surface area contributed by atoms with E-state index in [1.807, 2.05) is 97.1 Å². The standard InChI is InChI=1S/4C25H35NO2.CH4/c4*1-3-4-5-6-7-8-9-10-19-28-25(27)26-24-17-15-23(16-18-24)20-22-13-11-21(2)12-14-22;/h4*11-18H,3-10,19-20H2,1-2H3,(H,26,27);1H4. The Morgan fingerprint density at radius 3 is 0.487 bits per heavy atom. The third-order valence-electron chi connectivity index (χ3n) is 19.8. The van der Waals surface area contributed by atoms with Crippen LogP contribution in [0, 0.1) is 27.7 Å². The lowest BCUT2D eigenvalue weighted by Gasteiger charge is -2.08. The van der Waals surface area contributed by atoms with Crippen LogP contribution in [-0.4, -0.2) is 50.8 Å². The quantitative estimate of drug-likeness (QED) is 0.0217. The van der Waals surface area contributed by atoms with Gasteiger partial charge in [-0.1, -0.05) is 383 Å². The highest BCUT2D eigenvalue weighted by Gasteiger charge is 2.10. The van der Waals surface area contributed by atoms with Gasteiger partial charge in [-0.2, -0.15) is 0 Å². The van der Waals surface area contributed by atoms with Crippen molar-refractivity contribution in [2.45, 2.75) is 294 Å². The summed E-state index contributed by atoms with van der Waals surface area (Å²) in [6.07, 6.45) is 41.7. The van der Waals surface area contributed by atoms with Crippen molar-refractivity contribution in [1.82, 2.24) is 0 Å². The zero-order chi connectivity index (χ0) is 80.1. The van der Waals surface area contributed by atoms with E-state index in [-0.39, 0.29) is 31.8 Å². The second kappa shape index (κ2) is 62.3. The number of ether oxygens (including phenoxy) is 4. The summed E-state index contributed by atoms with van der Waals surface area (Å²) in [4.78, 5) is 47.6. The van der Waals surface area contributed by atoms with Gasteiger partial charge in [0.1, 0.15) is 0 Å². The number of benzene rings is 8. The molecule has 616 valence electrons. The largest absolute Gasteiger partial charge is 0.449 e. The van der Waals surface area contributed by atoms with Crippen LogP contribution in [-0.2, 0) is 44.6 Å². The Morgan fingerprint density at radius 2 is 0.336 bits per heavy atom. The third kappa shape index (κ3) is 48.5. The van der Waals surface area contributed by atoms with E-state index in [0.29, 0.717) is 26.4 Å². The van der Waals surface area contributed by atoms with Crippen molar-refractivity contribution in [1.29, 1.82) is 0 Å². The van der Waals surface area contributed by atoms with E-state index in [4.69, 9.17) is 18.9 Å². The molecule has 12 nitrogen and oxygen atoms in total.